The van der Waals surface area contributed by atoms with Crippen molar-refractivity contribution in [2.45, 2.75) is 25.8 Å². The van der Waals surface area contributed by atoms with Crippen LogP contribution in [0.4, 0.5) is 0 Å². The molecular formula is C14H21N3O. The maximum absolute atomic E-state index is 8.74. The molecule has 0 aliphatic carbocycles. The number of unbranched alkanes of at least 4 members (excludes halogenated alkanes) is 1. The second kappa shape index (κ2) is 5.98. The second-order valence-electron chi connectivity index (χ2n) is 4.62. The van der Waals surface area contributed by atoms with E-state index in [1.54, 1.807) is 0 Å². The first-order valence-electron chi connectivity index (χ1n) is 6.49. The summed E-state index contributed by atoms with van der Waals surface area (Å²) in [5, 5.41) is 12.2. The molecule has 18 heavy (non-hydrogen) atoms. The molecule has 4 nitrogen and oxygen atoms in total. The number of aliphatic hydroxyl groups is 1. The average molecular weight is 247 g/mol. The molecule has 0 amide bonds. The molecule has 0 spiro atoms. The van der Waals surface area contributed by atoms with Crippen molar-refractivity contribution in [1.29, 1.82) is 0 Å². The maximum Gasteiger partial charge on any atom is 0.126 e. The summed E-state index contributed by atoms with van der Waals surface area (Å²) < 4.78 is 2.14. The van der Waals surface area contributed by atoms with Crippen molar-refractivity contribution in [1.82, 2.24) is 14.9 Å². The third-order valence-electron chi connectivity index (χ3n) is 3.24. The molecule has 2 N–H and O–H groups in total. The molecule has 0 saturated carbocycles. The smallest absolute Gasteiger partial charge is 0.126 e. The first-order valence-corrected chi connectivity index (χ1v) is 6.49. The van der Waals surface area contributed by atoms with E-state index in [2.05, 4.69) is 34.9 Å². The van der Waals surface area contributed by atoms with Gasteiger partial charge in [-0.15, -0.1) is 0 Å². The van der Waals surface area contributed by atoms with Crippen LogP contribution in [0.5, 0.6) is 0 Å². The largest absolute Gasteiger partial charge is 0.396 e. The fraction of sp³-hybridized carbons (Fsp3) is 0.500. The SMILES string of the molecule is CC(NCCCCO)c1nc2ccccc2n1C. The number of benzene rings is 1. The molecular weight excluding hydrogens is 226 g/mol. The zero-order valence-corrected chi connectivity index (χ0v) is 11.1. The first-order chi connectivity index (χ1) is 8.74. The highest BCUT2D eigenvalue weighted by molar-refractivity contribution is 5.75. The van der Waals surface area contributed by atoms with Gasteiger partial charge in [0.05, 0.1) is 17.1 Å². The van der Waals surface area contributed by atoms with Gasteiger partial charge in [-0.2, -0.15) is 0 Å². The molecule has 1 aromatic heterocycles. The number of aromatic nitrogens is 2. The van der Waals surface area contributed by atoms with Gasteiger partial charge < -0.3 is 15.0 Å². The number of aryl methyl sites for hydroxylation is 1. The summed E-state index contributed by atoms with van der Waals surface area (Å²) >= 11 is 0. The maximum atomic E-state index is 8.74. The number of fused-ring (bicyclic) bond motifs is 1. The Morgan fingerprint density at radius 2 is 2.11 bits per heavy atom. The molecule has 1 aromatic carbocycles. The number of rotatable bonds is 6. The summed E-state index contributed by atoms with van der Waals surface area (Å²) in [6.45, 7) is 3.30. The van der Waals surface area contributed by atoms with E-state index in [4.69, 9.17) is 5.11 Å². The molecule has 1 atom stereocenters. The number of aliphatic hydroxyl groups excluding tert-OH is 1. The molecule has 1 heterocycles. The Morgan fingerprint density at radius 1 is 1.33 bits per heavy atom. The third-order valence-corrected chi connectivity index (χ3v) is 3.24. The number of para-hydroxylation sites is 2. The summed E-state index contributed by atoms with van der Waals surface area (Å²) in [7, 11) is 2.05. The minimum Gasteiger partial charge on any atom is -0.396 e. The Labute approximate surface area is 108 Å². The van der Waals surface area contributed by atoms with Gasteiger partial charge in [-0.1, -0.05) is 12.1 Å². The average Bonchev–Trinajstić information content (AvgIpc) is 2.73. The molecule has 0 fully saturated rings. The van der Waals surface area contributed by atoms with Gasteiger partial charge in [-0.3, -0.25) is 0 Å². The van der Waals surface area contributed by atoms with Gasteiger partial charge in [0.15, 0.2) is 0 Å². The van der Waals surface area contributed by atoms with Crippen molar-refractivity contribution >= 4 is 11.0 Å². The van der Waals surface area contributed by atoms with Crippen LogP contribution in [0.1, 0.15) is 31.6 Å². The number of imidazole rings is 1. The van der Waals surface area contributed by atoms with Crippen molar-refractivity contribution in [2.24, 2.45) is 7.05 Å². The highest BCUT2D eigenvalue weighted by Gasteiger charge is 2.13. The summed E-state index contributed by atoms with van der Waals surface area (Å²) in [5.41, 5.74) is 2.20. The van der Waals surface area contributed by atoms with Crippen LogP contribution in [0.3, 0.4) is 0 Å². The normalized spacial score (nSPS) is 13.1. The molecule has 2 rings (SSSR count). The molecule has 0 saturated heterocycles. The van der Waals surface area contributed by atoms with Gasteiger partial charge in [-0.05, 0) is 38.4 Å². The van der Waals surface area contributed by atoms with Gasteiger partial charge in [0.2, 0.25) is 0 Å². The minimum atomic E-state index is 0.223. The van der Waals surface area contributed by atoms with Crippen molar-refractivity contribution in [3.8, 4) is 0 Å². The molecule has 1 unspecified atom stereocenters. The Bertz CT molecular complexity index is 507. The number of hydrogen-bond donors (Lipinski definition) is 2. The predicted octanol–water partition coefficient (Wildman–Crippen LogP) is 2.00. The molecule has 98 valence electrons. The van der Waals surface area contributed by atoms with Crippen LogP contribution in [-0.2, 0) is 7.05 Å². The molecule has 2 aromatic rings. The number of nitrogens with zero attached hydrogens (tertiary/aromatic N) is 2. The van der Waals surface area contributed by atoms with Gasteiger partial charge in [0, 0.05) is 13.7 Å². The first kappa shape index (κ1) is 13.1. The molecule has 0 aliphatic heterocycles. The van der Waals surface area contributed by atoms with Gasteiger partial charge >= 0.3 is 0 Å². The van der Waals surface area contributed by atoms with E-state index < -0.39 is 0 Å². The fourth-order valence-electron chi connectivity index (χ4n) is 2.20. The van der Waals surface area contributed by atoms with Gasteiger partial charge in [0.1, 0.15) is 5.82 Å². The van der Waals surface area contributed by atoms with E-state index in [9.17, 15) is 0 Å². The van der Waals surface area contributed by atoms with Crippen LogP contribution in [-0.4, -0.2) is 27.8 Å². The van der Waals surface area contributed by atoms with E-state index >= 15 is 0 Å². The topological polar surface area (TPSA) is 50.1 Å². The molecule has 4 heteroatoms. The van der Waals surface area contributed by atoms with E-state index in [-0.39, 0.29) is 12.6 Å². The van der Waals surface area contributed by atoms with Gasteiger partial charge in [-0.25, -0.2) is 4.98 Å². The van der Waals surface area contributed by atoms with Gasteiger partial charge in [0.25, 0.3) is 0 Å². The third kappa shape index (κ3) is 2.71. The quantitative estimate of drug-likeness (QED) is 0.768. The van der Waals surface area contributed by atoms with E-state index in [1.165, 1.54) is 0 Å². The summed E-state index contributed by atoms with van der Waals surface area (Å²) in [4.78, 5) is 4.66. The van der Waals surface area contributed by atoms with Crippen LogP contribution in [0.2, 0.25) is 0 Å². The number of hydrogen-bond acceptors (Lipinski definition) is 3. The number of nitrogens with one attached hydrogen (secondary N) is 1. The van der Waals surface area contributed by atoms with Crippen LogP contribution in [0, 0.1) is 0 Å². The monoisotopic (exact) mass is 247 g/mol. The standard InChI is InChI=1S/C14H21N3O/c1-11(15-9-5-6-10-18)14-16-12-7-3-4-8-13(12)17(14)2/h3-4,7-8,11,15,18H,5-6,9-10H2,1-2H3. The Balaban J connectivity index is 2.08. The lowest BCUT2D eigenvalue weighted by Gasteiger charge is -2.13. The summed E-state index contributed by atoms with van der Waals surface area (Å²) in [6.07, 6.45) is 1.84. The molecule has 0 bridgehead atoms. The van der Waals surface area contributed by atoms with E-state index in [1.807, 2.05) is 18.2 Å². The Morgan fingerprint density at radius 3 is 2.83 bits per heavy atom. The van der Waals surface area contributed by atoms with Crippen LogP contribution >= 0.6 is 0 Å². The molecule has 0 radical (unpaired) electrons. The van der Waals surface area contributed by atoms with E-state index in [0.717, 1.165) is 36.2 Å². The fourth-order valence-corrected chi connectivity index (χ4v) is 2.20. The predicted molar refractivity (Wildman–Crippen MR) is 73.5 cm³/mol. The molecule has 0 aliphatic rings. The van der Waals surface area contributed by atoms with Crippen molar-refractivity contribution in [3.05, 3.63) is 30.1 Å². The zero-order chi connectivity index (χ0) is 13.0. The lowest BCUT2D eigenvalue weighted by Crippen LogP contribution is -2.22. The van der Waals surface area contributed by atoms with Crippen LogP contribution < -0.4 is 5.32 Å². The van der Waals surface area contributed by atoms with Crippen molar-refractivity contribution in [2.75, 3.05) is 13.2 Å². The second-order valence-corrected chi connectivity index (χ2v) is 4.62. The van der Waals surface area contributed by atoms with Crippen molar-refractivity contribution in [3.63, 3.8) is 0 Å². The van der Waals surface area contributed by atoms with Crippen molar-refractivity contribution < 1.29 is 5.11 Å². The Hall–Kier alpha value is -1.39. The van der Waals surface area contributed by atoms with Crippen LogP contribution in [0.25, 0.3) is 11.0 Å². The lowest BCUT2D eigenvalue weighted by atomic mass is 10.2. The highest BCUT2D eigenvalue weighted by atomic mass is 16.2. The lowest BCUT2D eigenvalue weighted by molar-refractivity contribution is 0.282. The highest BCUT2D eigenvalue weighted by Crippen LogP contribution is 2.18. The van der Waals surface area contributed by atoms with E-state index in [0.29, 0.717) is 0 Å². The Kier molecular flexibility index (Phi) is 4.33. The minimum absolute atomic E-state index is 0.223. The summed E-state index contributed by atoms with van der Waals surface area (Å²) in [6, 6.07) is 8.40. The summed E-state index contributed by atoms with van der Waals surface area (Å²) in [5.74, 6) is 1.06. The zero-order valence-electron chi connectivity index (χ0n) is 11.1. The van der Waals surface area contributed by atoms with Crippen LogP contribution in [0.15, 0.2) is 24.3 Å².